The van der Waals surface area contributed by atoms with Crippen LogP contribution in [0.3, 0.4) is 0 Å². The Bertz CT molecular complexity index is 793. The summed E-state index contributed by atoms with van der Waals surface area (Å²) in [5, 5.41) is 16.4. The largest absolute Gasteiger partial charge is 0.388 e. The van der Waals surface area contributed by atoms with Gasteiger partial charge in [0.1, 0.15) is 6.10 Å². The summed E-state index contributed by atoms with van der Waals surface area (Å²) in [7, 11) is 0. The molecule has 2 aliphatic rings. The molecule has 2 aromatic rings. The molecule has 4 heterocycles. The highest BCUT2D eigenvalue weighted by Gasteiger charge is 2.53. The van der Waals surface area contributed by atoms with Gasteiger partial charge in [-0.3, -0.25) is 14.7 Å². The van der Waals surface area contributed by atoms with E-state index in [2.05, 4.69) is 25.6 Å². The van der Waals surface area contributed by atoms with Gasteiger partial charge in [0.15, 0.2) is 0 Å². The summed E-state index contributed by atoms with van der Waals surface area (Å²) in [6.07, 6.45) is 4.45. The zero-order chi connectivity index (χ0) is 19.6. The van der Waals surface area contributed by atoms with Crippen molar-refractivity contribution in [2.75, 3.05) is 19.7 Å². The third-order valence-electron chi connectivity index (χ3n) is 6.01. The molecular formula is C20H26N4O3S. The van der Waals surface area contributed by atoms with Gasteiger partial charge in [-0.15, -0.1) is 11.3 Å². The van der Waals surface area contributed by atoms with Crippen LogP contribution in [0, 0.1) is 0 Å². The molecule has 1 spiro atoms. The fraction of sp³-hybridized carbons (Fsp3) is 0.550. The molecule has 2 N–H and O–H groups in total. The lowest BCUT2D eigenvalue weighted by Gasteiger charge is -2.53. The first-order chi connectivity index (χ1) is 13.5. The van der Waals surface area contributed by atoms with Gasteiger partial charge < -0.3 is 15.2 Å². The number of aliphatic hydroxyl groups excluding tert-OH is 1. The number of ether oxygens (including phenoxy) is 1. The van der Waals surface area contributed by atoms with Gasteiger partial charge in [-0.25, -0.2) is 4.98 Å². The number of pyridine rings is 1. The first-order valence-electron chi connectivity index (χ1n) is 9.65. The summed E-state index contributed by atoms with van der Waals surface area (Å²) < 4.78 is 6.13. The molecule has 7 nitrogen and oxygen atoms in total. The standard InChI is InChI=1S/C20H26N4O3S/c1-19(23-17(25)15-3-2-7-21-11-15)6-10-27-20(18(19)26)4-8-24(9-5-20)12-16-13-28-14-22-16/h2-3,7,11,13-14,18,26H,4-6,8-10,12H2,1H3,(H,23,25)/t18-,19+/m1/s1. The number of aromatic nitrogens is 2. The Morgan fingerprint density at radius 3 is 2.93 bits per heavy atom. The average Bonchev–Trinajstić information content (AvgIpc) is 3.22. The number of rotatable bonds is 4. The number of hydrogen-bond acceptors (Lipinski definition) is 7. The fourth-order valence-electron chi connectivity index (χ4n) is 4.27. The second kappa shape index (κ2) is 7.87. The zero-order valence-corrected chi connectivity index (χ0v) is 16.8. The van der Waals surface area contributed by atoms with Gasteiger partial charge in [-0.2, -0.15) is 0 Å². The number of carbonyl (C=O) groups excluding carboxylic acids is 1. The number of nitrogens with zero attached hydrogens (tertiary/aromatic N) is 3. The van der Waals surface area contributed by atoms with E-state index < -0.39 is 17.2 Å². The number of piperidine rings is 1. The predicted octanol–water partition coefficient (Wildman–Crippen LogP) is 1.84. The summed E-state index contributed by atoms with van der Waals surface area (Å²) in [5.74, 6) is -0.215. The number of aliphatic hydroxyl groups is 1. The highest BCUT2D eigenvalue weighted by atomic mass is 32.1. The molecule has 0 aromatic carbocycles. The van der Waals surface area contributed by atoms with Crippen molar-refractivity contribution in [2.24, 2.45) is 0 Å². The molecule has 0 saturated carbocycles. The van der Waals surface area contributed by atoms with Crippen molar-refractivity contribution in [2.45, 2.75) is 50.0 Å². The van der Waals surface area contributed by atoms with E-state index in [0.717, 1.165) is 38.2 Å². The minimum atomic E-state index is -0.768. The third-order valence-corrected chi connectivity index (χ3v) is 6.64. The molecular weight excluding hydrogens is 376 g/mol. The van der Waals surface area contributed by atoms with Crippen molar-refractivity contribution >= 4 is 17.2 Å². The van der Waals surface area contributed by atoms with E-state index in [4.69, 9.17) is 4.74 Å². The van der Waals surface area contributed by atoms with Gasteiger partial charge in [0.25, 0.3) is 5.91 Å². The lowest BCUT2D eigenvalue weighted by molar-refractivity contribution is -0.205. The Morgan fingerprint density at radius 2 is 2.25 bits per heavy atom. The number of carbonyl (C=O) groups is 1. The van der Waals surface area contributed by atoms with Crippen LogP contribution in [0.5, 0.6) is 0 Å². The highest BCUT2D eigenvalue weighted by molar-refractivity contribution is 7.07. The van der Waals surface area contributed by atoms with Gasteiger partial charge in [-0.05, 0) is 38.3 Å². The number of amides is 1. The van der Waals surface area contributed by atoms with Crippen molar-refractivity contribution < 1.29 is 14.6 Å². The molecule has 0 radical (unpaired) electrons. The Labute approximate surface area is 168 Å². The van der Waals surface area contributed by atoms with E-state index in [-0.39, 0.29) is 5.91 Å². The highest BCUT2D eigenvalue weighted by Crippen LogP contribution is 2.40. The van der Waals surface area contributed by atoms with Crippen LogP contribution in [-0.4, -0.2) is 62.8 Å². The van der Waals surface area contributed by atoms with E-state index in [1.165, 1.54) is 6.20 Å². The maximum absolute atomic E-state index is 12.6. The molecule has 0 aliphatic carbocycles. The third kappa shape index (κ3) is 3.82. The number of hydrogen-bond donors (Lipinski definition) is 2. The fourth-order valence-corrected chi connectivity index (χ4v) is 4.82. The first-order valence-corrected chi connectivity index (χ1v) is 10.6. The molecule has 2 saturated heterocycles. The van der Waals surface area contributed by atoms with Crippen molar-refractivity contribution in [1.82, 2.24) is 20.2 Å². The van der Waals surface area contributed by atoms with Crippen LogP contribution >= 0.6 is 11.3 Å². The minimum absolute atomic E-state index is 0.215. The predicted molar refractivity (Wildman–Crippen MR) is 106 cm³/mol. The van der Waals surface area contributed by atoms with Crippen LogP contribution in [0.25, 0.3) is 0 Å². The zero-order valence-electron chi connectivity index (χ0n) is 16.0. The molecule has 0 unspecified atom stereocenters. The second-order valence-corrected chi connectivity index (χ2v) is 8.65. The van der Waals surface area contributed by atoms with Crippen LogP contribution in [0.2, 0.25) is 0 Å². The number of likely N-dealkylation sites (tertiary alicyclic amines) is 1. The van der Waals surface area contributed by atoms with Crippen LogP contribution in [0.4, 0.5) is 0 Å². The quantitative estimate of drug-likeness (QED) is 0.812. The maximum atomic E-state index is 12.6. The molecule has 150 valence electrons. The van der Waals surface area contributed by atoms with E-state index in [9.17, 15) is 9.90 Å². The summed E-state index contributed by atoms with van der Waals surface area (Å²) in [6.45, 7) is 4.93. The summed E-state index contributed by atoms with van der Waals surface area (Å²) in [4.78, 5) is 23.4. The maximum Gasteiger partial charge on any atom is 0.253 e. The normalized spacial score (nSPS) is 27.6. The molecule has 28 heavy (non-hydrogen) atoms. The van der Waals surface area contributed by atoms with Crippen LogP contribution in [-0.2, 0) is 11.3 Å². The Hall–Kier alpha value is -1.87. The smallest absolute Gasteiger partial charge is 0.253 e. The molecule has 2 aliphatic heterocycles. The van der Waals surface area contributed by atoms with Crippen molar-refractivity contribution in [3.63, 3.8) is 0 Å². The lowest BCUT2D eigenvalue weighted by atomic mass is 9.73. The van der Waals surface area contributed by atoms with Gasteiger partial charge >= 0.3 is 0 Å². The molecule has 1 amide bonds. The van der Waals surface area contributed by atoms with E-state index >= 15 is 0 Å². The number of thiazole rings is 1. The van der Waals surface area contributed by atoms with Crippen molar-refractivity contribution in [1.29, 1.82) is 0 Å². The van der Waals surface area contributed by atoms with Crippen LogP contribution in [0.15, 0.2) is 35.4 Å². The Morgan fingerprint density at radius 1 is 1.43 bits per heavy atom. The molecule has 8 heteroatoms. The van der Waals surface area contributed by atoms with Crippen LogP contribution in [0.1, 0.15) is 42.2 Å². The molecule has 4 rings (SSSR count). The molecule has 2 fully saturated rings. The topological polar surface area (TPSA) is 87.6 Å². The van der Waals surface area contributed by atoms with Crippen molar-refractivity contribution in [3.05, 3.63) is 46.7 Å². The van der Waals surface area contributed by atoms with E-state index in [1.807, 2.05) is 12.4 Å². The SMILES string of the molecule is C[C@]1(NC(=O)c2cccnc2)CCOC2(CCN(Cc3cscn3)CC2)[C@@H]1O. The second-order valence-electron chi connectivity index (χ2n) is 7.93. The lowest BCUT2D eigenvalue weighted by Crippen LogP contribution is -2.69. The number of nitrogens with one attached hydrogen (secondary N) is 1. The Balaban J connectivity index is 1.42. The summed E-state index contributed by atoms with van der Waals surface area (Å²) in [6, 6.07) is 3.46. The van der Waals surface area contributed by atoms with Gasteiger partial charge in [-0.1, -0.05) is 0 Å². The van der Waals surface area contributed by atoms with E-state index in [0.29, 0.717) is 18.6 Å². The van der Waals surface area contributed by atoms with Crippen LogP contribution < -0.4 is 5.32 Å². The molecule has 2 aromatic heterocycles. The van der Waals surface area contributed by atoms with Gasteiger partial charge in [0, 0.05) is 44.0 Å². The van der Waals surface area contributed by atoms with Crippen molar-refractivity contribution in [3.8, 4) is 0 Å². The van der Waals surface area contributed by atoms with E-state index in [1.54, 1.807) is 29.7 Å². The summed E-state index contributed by atoms with van der Waals surface area (Å²) >= 11 is 1.61. The van der Waals surface area contributed by atoms with Gasteiger partial charge in [0.05, 0.1) is 27.9 Å². The monoisotopic (exact) mass is 402 g/mol. The van der Waals surface area contributed by atoms with Gasteiger partial charge in [0.2, 0.25) is 0 Å². The minimum Gasteiger partial charge on any atom is -0.388 e. The Kier molecular flexibility index (Phi) is 5.46. The average molecular weight is 403 g/mol. The first kappa shape index (κ1) is 19.4. The molecule has 2 atom stereocenters. The summed E-state index contributed by atoms with van der Waals surface area (Å²) in [5.41, 5.74) is 2.08. The molecule has 0 bridgehead atoms.